The van der Waals surface area contributed by atoms with Crippen molar-refractivity contribution in [3.63, 3.8) is 0 Å². The molecule has 25 heavy (non-hydrogen) atoms. The fourth-order valence-corrected chi connectivity index (χ4v) is 3.61. The summed E-state index contributed by atoms with van der Waals surface area (Å²) in [5, 5.41) is 3.07. The molecule has 0 aromatic heterocycles. The van der Waals surface area contributed by atoms with Crippen molar-refractivity contribution in [1.29, 1.82) is 0 Å². The summed E-state index contributed by atoms with van der Waals surface area (Å²) in [4.78, 5) is 12.2. The van der Waals surface area contributed by atoms with Crippen LogP contribution in [0.25, 0.3) is 0 Å². The van der Waals surface area contributed by atoms with Gasteiger partial charge in [-0.15, -0.1) is 0 Å². The Kier molecular flexibility index (Phi) is 6.45. The number of ether oxygens (including phenoxy) is 3. The summed E-state index contributed by atoms with van der Waals surface area (Å²) in [6.45, 7) is 5.60. The molecule has 1 unspecified atom stereocenters. The summed E-state index contributed by atoms with van der Waals surface area (Å²) >= 11 is 0. The van der Waals surface area contributed by atoms with Gasteiger partial charge in [0.15, 0.2) is 0 Å². The van der Waals surface area contributed by atoms with E-state index in [-0.39, 0.29) is 24.0 Å². The van der Waals surface area contributed by atoms with Gasteiger partial charge in [-0.25, -0.2) is 0 Å². The Balaban J connectivity index is 1.51. The van der Waals surface area contributed by atoms with Crippen LogP contribution < -0.4 is 5.32 Å². The predicted molar refractivity (Wildman–Crippen MR) is 95.7 cm³/mol. The molecule has 1 N–H and O–H groups in total. The topological polar surface area (TPSA) is 56.8 Å². The molecule has 2 aliphatic heterocycles. The number of carbonyl (C=O) groups excluding carboxylic acids is 1. The molecular formula is C20H29NO4. The summed E-state index contributed by atoms with van der Waals surface area (Å²) in [5.74, 6) is -0.0593. The molecule has 0 spiro atoms. The number of nitrogens with one attached hydrogen (secondary N) is 1. The van der Waals surface area contributed by atoms with Gasteiger partial charge in [0, 0.05) is 31.8 Å². The maximum absolute atomic E-state index is 12.2. The molecule has 0 bridgehead atoms. The monoisotopic (exact) mass is 347 g/mol. The highest BCUT2D eigenvalue weighted by Gasteiger charge is 2.34. The van der Waals surface area contributed by atoms with E-state index in [0.29, 0.717) is 13.2 Å². The van der Waals surface area contributed by atoms with Crippen LogP contribution in [0.2, 0.25) is 0 Å². The average Bonchev–Trinajstić information content (AvgIpc) is 3.15. The van der Waals surface area contributed by atoms with Crippen molar-refractivity contribution in [2.24, 2.45) is 0 Å². The van der Waals surface area contributed by atoms with E-state index in [9.17, 15) is 4.79 Å². The first-order valence-corrected chi connectivity index (χ1v) is 9.29. The molecule has 3 rings (SSSR count). The maximum atomic E-state index is 12.2. The van der Waals surface area contributed by atoms with Gasteiger partial charge in [-0.2, -0.15) is 0 Å². The summed E-state index contributed by atoms with van der Waals surface area (Å²) in [5.41, 5.74) is 2.48. The number of hydrogen-bond donors (Lipinski definition) is 1. The number of carbonyl (C=O) groups is 1. The lowest BCUT2D eigenvalue weighted by molar-refractivity contribution is -0.127. The third-order valence-corrected chi connectivity index (χ3v) is 5.30. The van der Waals surface area contributed by atoms with Gasteiger partial charge in [0.05, 0.1) is 12.7 Å². The molecule has 1 amide bonds. The van der Waals surface area contributed by atoms with Gasteiger partial charge in [-0.3, -0.25) is 4.79 Å². The van der Waals surface area contributed by atoms with E-state index in [1.807, 2.05) is 0 Å². The van der Waals surface area contributed by atoms with E-state index in [1.165, 1.54) is 11.1 Å². The van der Waals surface area contributed by atoms with Crippen molar-refractivity contribution < 1.29 is 19.0 Å². The van der Waals surface area contributed by atoms with Gasteiger partial charge in [-0.05, 0) is 38.2 Å². The van der Waals surface area contributed by atoms with Gasteiger partial charge in [0.2, 0.25) is 5.91 Å². The smallest absolute Gasteiger partial charge is 0.246 e. The number of aryl methyl sites for hydroxylation is 1. The van der Waals surface area contributed by atoms with E-state index in [4.69, 9.17) is 14.2 Å². The lowest BCUT2D eigenvalue weighted by Gasteiger charge is -2.38. The van der Waals surface area contributed by atoms with Crippen LogP contribution in [0, 0.1) is 6.92 Å². The second kappa shape index (κ2) is 8.79. The number of hydrogen-bond acceptors (Lipinski definition) is 4. The van der Waals surface area contributed by atoms with Crippen molar-refractivity contribution in [2.45, 2.75) is 44.1 Å². The van der Waals surface area contributed by atoms with Gasteiger partial charge >= 0.3 is 0 Å². The zero-order chi connectivity index (χ0) is 17.5. The van der Waals surface area contributed by atoms with Gasteiger partial charge in [0.1, 0.15) is 6.61 Å². The number of rotatable bonds is 7. The average molecular weight is 347 g/mol. The molecule has 1 aromatic carbocycles. The highest BCUT2D eigenvalue weighted by atomic mass is 16.5. The first-order chi connectivity index (χ1) is 12.2. The molecule has 5 heteroatoms. The highest BCUT2D eigenvalue weighted by Crippen LogP contribution is 2.34. The van der Waals surface area contributed by atoms with E-state index in [0.717, 1.165) is 45.5 Å². The molecule has 1 atom stereocenters. The first-order valence-electron chi connectivity index (χ1n) is 9.29. The zero-order valence-electron chi connectivity index (χ0n) is 15.1. The van der Waals surface area contributed by atoms with Crippen molar-refractivity contribution in [3.8, 4) is 0 Å². The van der Waals surface area contributed by atoms with Crippen LogP contribution in [0.15, 0.2) is 24.3 Å². The molecule has 2 aliphatic rings. The van der Waals surface area contributed by atoms with E-state index in [2.05, 4.69) is 36.5 Å². The van der Waals surface area contributed by atoms with Gasteiger partial charge < -0.3 is 19.5 Å². The lowest BCUT2D eigenvalue weighted by Crippen LogP contribution is -2.45. The quantitative estimate of drug-likeness (QED) is 0.823. The second-order valence-corrected chi connectivity index (χ2v) is 7.19. The molecule has 1 aromatic rings. The maximum Gasteiger partial charge on any atom is 0.246 e. The Bertz CT molecular complexity index is 545. The van der Waals surface area contributed by atoms with Crippen molar-refractivity contribution in [2.75, 3.05) is 39.6 Å². The predicted octanol–water partition coefficient (Wildman–Crippen LogP) is 2.36. The largest absolute Gasteiger partial charge is 0.381 e. The van der Waals surface area contributed by atoms with Crippen LogP contribution in [0.5, 0.6) is 0 Å². The summed E-state index contributed by atoms with van der Waals surface area (Å²) in [6.07, 6.45) is 4.11. The fourth-order valence-electron chi connectivity index (χ4n) is 3.61. The molecule has 5 nitrogen and oxygen atoms in total. The minimum absolute atomic E-state index is 0.0455. The van der Waals surface area contributed by atoms with Gasteiger partial charge in [-0.1, -0.05) is 29.8 Å². The molecule has 0 aliphatic carbocycles. The molecule has 0 saturated carbocycles. The molecule has 0 radical (unpaired) electrons. The van der Waals surface area contributed by atoms with E-state index in [1.54, 1.807) is 0 Å². The first kappa shape index (κ1) is 18.4. The Hall–Kier alpha value is -1.43. The lowest BCUT2D eigenvalue weighted by atomic mass is 9.74. The second-order valence-electron chi connectivity index (χ2n) is 7.19. The fraction of sp³-hybridized carbons (Fsp3) is 0.650. The van der Waals surface area contributed by atoms with E-state index >= 15 is 0 Å². The molecular weight excluding hydrogens is 318 g/mol. The highest BCUT2D eigenvalue weighted by molar-refractivity contribution is 5.77. The minimum Gasteiger partial charge on any atom is -0.381 e. The number of benzene rings is 1. The minimum atomic E-state index is -0.0593. The van der Waals surface area contributed by atoms with Crippen LogP contribution in [0.4, 0.5) is 0 Å². The summed E-state index contributed by atoms with van der Waals surface area (Å²) in [6, 6.07) is 8.64. The molecule has 2 heterocycles. The van der Waals surface area contributed by atoms with Crippen LogP contribution >= 0.6 is 0 Å². The third-order valence-electron chi connectivity index (χ3n) is 5.30. The van der Waals surface area contributed by atoms with Crippen molar-refractivity contribution in [3.05, 3.63) is 35.4 Å². The third kappa shape index (κ3) is 5.03. The standard InChI is InChI=1S/C20H29NO4/c1-16-4-6-17(7-5-16)20(8-11-23-12-9-20)15-21-19(22)14-24-13-18-3-2-10-25-18/h4-7,18H,2-3,8-15H2,1H3,(H,21,22). The van der Waals surface area contributed by atoms with Crippen LogP contribution in [0.3, 0.4) is 0 Å². The van der Waals surface area contributed by atoms with Gasteiger partial charge in [0.25, 0.3) is 0 Å². The Labute approximate surface area is 150 Å². The van der Waals surface area contributed by atoms with Crippen molar-refractivity contribution >= 4 is 5.91 Å². The Morgan fingerprint density at radius 2 is 2.00 bits per heavy atom. The van der Waals surface area contributed by atoms with Crippen molar-refractivity contribution in [1.82, 2.24) is 5.32 Å². The zero-order valence-corrected chi connectivity index (χ0v) is 15.1. The molecule has 2 saturated heterocycles. The van der Waals surface area contributed by atoms with Crippen LogP contribution in [0.1, 0.15) is 36.8 Å². The van der Waals surface area contributed by atoms with Crippen LogP contribution in [-0.2, 0) is 24.4 Å². The molecule has 2 fully saturated rings. The summed E-state index contributed by atoms with van der Waals surface area (Å²) in [7, 11) is 0. The normalized spacial score (nSPS) is 22.7. The van der Waals surface area contributed by atoms with E-state index < -0.39 is 0 Å². The number of amides is 1. The van der Waals surface area contributed by atoms with Crippen LogP contribution in [-0.4, -0.2) is 51.6 Å². The Morgan fingerprint density at radius 1 is 1.24 bits per heavy atom. The Morgan fingerprint density at radius 3 is 2.68 bits per heavy atom. The summed E-state index contributed by atoms with van der Waals surface area (Å²) < 4.78 is 16.6. The molecule has 138 valence electrons. The SMILES string of the molecule is Cc1ccc(C2(CNC(=O)COCC3CCCO3)CCOCC2)cc1.